The number of methoxy groups -OCH3 is 1. The number of carbonyl (C=O) groups is 1. The summed E-state index contributed by atoms with van der Waals surface area (Å²) >= 11 is 0. The van der Waals surface area contributed by atoms with Crippen LogP contribution in [0.5, 0.6) is 11.5 Å². The number of ether oxygens (including phenoxy) is 4. The number of aromatic nitrogens is 3. The number of hydrogen-bond acceptors (Lipinski definition) is 10. The average molecular weight is 577 g/mol. The van der Waals surface area contributed by atoms with Crippen molar-refractivity contribution in [1.82, 2.24) is 15.0 Å². The van der Waals surface area contributed by atoms with Crippen LogP contribution in [0.25, 0.3) is 0 Å². The molecular formula is C27H31F3N6O5. The quantitative estimate of drug-likeness (QED) is 0.294. The molecule has 4 rings (SSSR count). The first-order valence-electron chi connectivity index (χ1n) is 12.9. The first-order valence-corrected chi connectivity index (χ1v) is 12.9. The van der Waals surface area contributed by atoms with Crippen molar-refractivity contribution < 1.29 is 36.9 Å². The highest BCUT2D eigenvalue weighted by Gasteiger charge is 2.31. The van der Waals surface area contributed by atoms with Crippen LogP contribution in [0.2, 0.25) is 0 Å². The third kappa shape index (κ3) is 9.46. The highest BCUT2D eigenvalue weighted by Crippen LogP contribution is 2.30. The number of hydrogen-bond donors (Lipinski definition) is 2. The van der Waals surface area contributed by atoms with Crippen LogP contribution < -0.4 is 25.0 Å². The van der Waals surface area contributed by atoms with Gasteiger partial charge in [-0.3, -0.25) is 4.79 Å². The molecule has 0 atom stereocenters. The number of nitrogens with one attached hydrogen (secondary N) is 2. The highest BCUT2D eigenvalue weighted by atomic mass is 19.4. The van der Waals surface area contributed by atoms with Crippen molar-refractivity contribution in [1.29, 1.82) is 0 Å². The van der Waals surface area contributed by atoms with Gasteiger partial charge in [-0.05, 0) is 48.7 Å². The van der Waals surface area contributed by atoms with Crippen molar-refractivity contribution in [2.24, 2.45) is 0 Å². The SMILES string of the molecule is COCCOc1ccc(Nc2ncnc(N3CCC(OCc4ccc(OC(F)(F)F)cc4)CC3)n2)cc1NC(C)=O. The van der Waals surface area contributed by atoms with Crippen LogP contribution in [0.1, 0.15) is 25.3 Å². The van der Waals surface area contributed by atoms with E-state index in [-0.39, 0.29) is 24.4 Å². The van der Waals surface area contributed by atoms with E-state index in [0.29, 0.717) is 55.3 Å². The van der Waals surface area contributed by atoms with Gasteiger partial charge in [0.15, 0.2) is 0 Å². The zero-order chi connectivity index (χ0) is 29.2. The van der Waals surface area contributed by atoms with E-state index in [0.717, 1.165) is 18.4 Å². The Kier molecular flexibility index (Phi) is 10.1. The first kappa shape index (κ1) is 29.8. The molecule has 0 aliphatic carbocycles. The summed E-state index contributed by atoms with van der Waals surface area (Å²) in [6.45, 7) is 3.77. The Hall–Kier alpha value is -4.17. The minimum absolute atomic E-state index is 0.00592. The highest BCUT2D eigenvalue weighted by molar-refractivity contribution is 5.91. The Morgan fingerprint density at radius 2 is 1.83 bits per heavy atom. The molecule has 1 saturated heterocycles. The predicted molar refractivity (Wildman–Crippen MR) is 144 cm³/mol. The molecule has 41 heavy (non-hydrogen) atoms. The number of halogens is 3. The van der Waals surface area contributed by atoms with Crippen molar-refractivity contribution in [3.05, 3.63) is 54.4 Å². The smallest absolute Gasteiger partial charge is 0.489 e. The number of nitrogens with zero attached hydrogens (tertiary/aromatic N) is 4. The van der Waals surface area contributed by atoms with E-state index >= 15 is 0 Å². The van der Waals surface area contributed by atoms with Crippen molar-refractivity contribution in [2.75, 3.05) is 48.9 Å². The number of carbonyl (C=O) groups excluding carboxylic acids is 1. The molecule has 14 heteroatoms. The maximum atomic E-state index is 12.3. The van der Waals surface area contributed by atoms with Crippen LogP contribution in [0.15, 0.2) is 48.8 Å². The lowest BCUT2D eigenvalue weighted by Crippen LogP contribution is -2.38. The van der Waals surface area contributed by atoms with Gasteiger partial charge in [-0.2, -0.15) is 4.98 Å². The molecule has 2 heterocycles. The first-order chi connectivity index (χ1) is 19.7. The Balaban J connectivity index is 1.30. The molecule has 0 bridgehead atoms. The minimum Gasteiger partial charge on any atom is -0.489 e. The fourth-order valence-corrected chi connectivity index (χ4v) is 4.11. The lowest BCUT2D eigenvalue weighted by Gasteiger charge is -2.32. The van der Waals surface area contributed by atoms with Gasteiger partial charge in [0.05, 0.1) is 25.0 Å². The van der Waals surface area contributed by atoms with E-state index in [4.69, 9.17) is 14.2 Å². The fourth-order valence-electron chi connectivity index (χ4n) is 4.11. The summed E-state index contributed by atoms with van der Waals surface area (Å²) in [7, 11) is 1.58. The van der Waals surface area contributed by atoms with Gasteiger partial charge in [0.1, 0.15) is 24.4 Å². The Morgan fingerprint density at radius 3 is 2.51 bits per heavy atom. The van der Waals surface area contributed by atoms with E-state index in [1.54, 1.807) is 37.4 Å². The van der Waals surface area contributed by atoms with Crippen LogP contribution in [0.3, 0.4) is 0 Å². The zero-order valence-corrected chi connectivity index (χ0v) is 22.6. The number of alkyl halides is 3. The van der Waals surface area contributed by atoms with Crippen molar-refractivity contribution in [3.8, 4) is 11.5 Å². The molecule has 3 aromatic rings. The second kappa shape index (κ2) is 13.9. The summed E-state index contributed by atoms with van der Waals surface area (Å²) in [5.74, 6) is 0.868. The molecule has 0 unspecified atom stereocenters. The van der Waals surface area contributed by atoms with E-state index in [2.05, 4.69) is 30.3 Å². The molecule has 1 aliphatic rings. The second-order valence-electron chi connectivity index (χ2n) is 9.16. The molecule has 2 N–H and O–H groups in total. The Bertz CT molecular complexity index is 1290. The zero-order valence-electron chi connectivity index (χ0n) is 22.6. The number of amides is 1. The number of rotatable bonds is 12. The maximum Gasteiger partial charge on any atom is 0.573 e. The van der Waals surface area contributed by atoms with E-state index in [1.165, 1.54) is 25.4 Å². The largest absolute Gasteiger partial charge is 0.573 e. The van der Waals surface area contributed by atoms with Crippen LogP contribution in [-0.2, 0) is 20.9 Å². The molecule has 0 spiro atoms. The molecule has 220 valence electrons. The van der Waals surface area contributed by atoms with Gasteiger partial charge in [0.25, 0.3) is 0 Å². The number of benzene rings is 2. The van der Waals surface area contributed by atoms with Gasteiger partial charge in [-0.1, -0.05) is 12.1 Å². The van der Waals surface area contributed by atoms with E-state index < -0.39 is 6.36 Å². The standard InChI is InChI=1S/C27H31F3N6O5/c1-18(37)33-23-15-20(5-8-24(23)39-14-13-38-2)34-25-31-17-32-26(35-25)36-11-9-21(10-12-36)40-16-19-3-6-22(7-4-19)41-27(28,29)30/h3-8,15,17,21H,9-14,16H2,1-2H3,(H,33,37)(H,31,32,34,35). The van der Waals surface area contributed by atoms with Gasteiger partial charge in [0.2, 0.25) is 17.8 Å². The molecule has 1 aromatic heterocycles. The minimum atomic E-state index is -4.72. The lowest BCUT2D eigenvalue weighted by atomic mass is 10.1. The monoisotopic (exact) mass is 576 g/mol. The van der Waals surface area contributed by atoms with Crippen molar-refractivity contribution in [2.45, 2.75) is 38.8 Å². The van der Waals surface area contributed by atoms with Crippen LogP contribution in [0, 0.1) is 0 Å². The topological polar surface area (TPSA) is 120 Å². The second-order valence-corrected chi connectivity index (χ2v) is 9.16. The Morgan fingerprint density at radius 1 is 1.07 bits per heavy atom. The summed E-state index contributed by atoms with van der Waals surface area (Å²) in [6.07, 6.45) is -1.84. The van der Waals surface area contributed by atoms with Gasteiger partial charge in [0, 0.05) is 32.8 Å². The lowest BCUT2D eigenvalue weighted by molar-refractivity contribution is -0.274. The normalized spacial score (nSPS) is 14.0. The summed E-state index contributed by atoms with van der Waals surface area (Å²) in [5.41, 5.74) is 1.90. The van der Waals surface area contributed by atoms with Crippen LogP contribution in [-0.4, -0.2) is 66.7 Å². The molecule has 2 aromatic carbocycles. The summed E-state index contributed by atoms with van der Waals surface area (Å²) in [6, 6.07) is 10.9. The van der Waals surface area contributed by atoms with Gasteiger partial charge in [-0.25, -0.2) is 9.97 Å². The summed E-state index contributed by atoms with van der Waals surface area (Å²) in [4.78, 5) is 26.8. The molecule has 11 nitrogen and oxygen atoms in total. The fraction of sp³-hybridized carbons (Fsp3) is 0.407. The van der Waals surface area contributed by atoms with Gasteiger partial charge in [-0.15, -0.1) is 13.2 Å². The van der Waals surface area contributed by atoms with Gasteiger partial charge < -0.3 is 34.5 Å². The molecule has 1 amide bonds. The molecule has 0 saturated carbocycles. The number of piperidine rings is 1. The van der Waals surface area contributed by atoms with Crippen molar-refractivity contribution >= 4 is 29.2 Å². The molecule has 1 fully saturated rings. The predicted octanol–water partition coefficient (Wildman–Crippen LogP) is 4.68. The molecule has 0 radical (unpaired) electrons. The third-order valence-corrected chi connectivity index (χ3v) is 6.02. The van der Waals surface area contributed by atoms with Crippen LogP contribution in [0.4, 0.5) is 36.4 Å². The summed E-state index contributed by atoms with van der Waals surface area (Å²) < 4.78 is 57.6. The van der Waals surface area contributed by atoms with Crippen LogP contribution >= 0.6 is 0 Å². The van der Waals surface area contributed by atoms with E-state index in [1.807, 2.05) is 4.90 Å². The molecule has 1 aliphatic heterocycles. The van der Waals surface area contributed by atoms with E-state index in [9.17, 15) is 18.0 Å². The Labute approximate surface area is 235 Å². The third-order valence-electron chi connectivity index (χ3n) is 6.02. The molecular weight excluding hydrogens is 545 g/mol. The van der Waals surface area contributed by atoms with Gasteiger partial charge >= 0.3 is 6.36 Å². The number of anilines is 4. The summed E-state index contributed by atoms with van der Waals surface area (Å²) in [5, 5.41) is 5.90. The van der Waals surface area contributed by atoms with Crippen molar-refractivity contribution in [3.63, 3.8) is 0 Å². The maximum absolute atomic E-state index is 12.3. The average Bonchev–Trinajstić information content (AvgIpc) is 2.93.